The largest absolute Gasteiger partial charge is 0.469 e. The van der Waals surface area contributed by atoms with Crippen molar-refractivity contribution < 1.29 is 9.53 Å². The van der Waals surface area contributed by atoms with Crippen LogP contribution in [0, 0.1) is 6.92 Å². The molecule has 0 aliphatic carbocycles. The number of hydrogen-bond acceptors (Lipinski definition) is 3. The third-order valence-electron chi connectivity index (χ3n) is 2.65. The van der Waals surface area contributed by atoms with Crippen LogP contribution >= 0.6 is 24.0 Å². The summed E-state index contributed by atoms with van der Waals surface area (Å²) in [5, 5.41) is 6.24. The van der Waals surface area contributed by atoms with Crippen LogP contribution in [0.15, 0.2) is 29.3 Å². The molecule has 0 amide bonds. The third kappa shape index (κ3) is 7.32. The van der Waals surface area contributed by atoms with Crippen LogP contribution in [-0.4, -0.2) is 32.6 Å². The lowest BCUT2D eigenvalue weighted by molar-refractivity contribution is -0.140. The zero-order chi connectivity index (χ0) is 14.1. The number of hydrogen-bond donors (Lipinski definition) is 2. The lowest BCUT2D eigenvalue weighted by Crippen LogP contribution is -2.37. The molecular weight excluding hydrogens is 369 g/mol. The molecule has 0 spiro atoms. The number of carbonyl (C=O) groups excluding carboxylic acids is 1. The van der Waals surface area contributed by atoms with Crippen molar-refractivity contribution in [3.8, 4) is 0 Å². The van der Waals surface area contributed by atoms with Gasteiger partial charge in [0, 0.05) is 20.1 Å². The summed E-state index contributed by atoms with van der Waals surface area (Å²) in [7, 11) is 3.08. The van der Waals surface area contributed by atoms with Crippen LogP contribution in [0.5, 0.6) is 0 Å². The lowest BCUT2D eigenvalue weighted by atomic mass is 10.1. The second kappa shape index (κ2) is 10.5. The lowest BCUT2D eigenvalue weighted by Gasteiger charge is -2.11. The number of halogens is 1. The average Bonchev–Trinajstić information content (AvgIpc) is 2.44. The molecule has 0 unspecified atom stereocenters. The molecule has 0 aliphatic rings. The molecule has 6 heteroatoms. The number of nitrogens with one attached hydrogen (secondary N) is 2. The van der Waals surface area contributed by atoms with E-state index in [-0.39, 0.29) is 29.9 Å². The van der Waals surface area contributed by atoms with Gasteiger partial charge < -0.3 is 15.4 Å². The molecule has 0 heterocycles. The zero-order valence-corrected chi connectivity index (χ0v) is 14.4. The second-order valence-electron chi connectivity index (χ2n) is 4.16. The smallest absolute Gasteiger partial charge is 0.307 e. The first kappa shape index (κ1) is 18.7. The van der Waals surface area contributed by atoms with E-state index < -0.39 is 0 Å². The molecule has 0 aromatic heterocycles. The van der Waals surface area contributed by atoms with E-state index in [1.807, 2.05) is 0 Å². The maximum atomic E-state index is 11.0. The van der Waals surface area contributed by atoms with E-state index in [4.69, 9.17) is 0 Å². The van der Waals surface area contributed by atoms with Crippen molar-refractivity contribution in [1.29, 1.82) is 0 Å². The Morgan fingerprint density at radius 2 is 1.90 bits per heavy atom. The van der Waals surface area contributed by atoms with Gasteiger partial charge in [0.15, 0.2) is 5.96 Å². The fourth-order valence-corrected chi connectivity index (χ4v) is 1.50. The summed E-state index contributed by atoms with van der Waals surface area (Å²) in [6.07, 6.45) is 0.321. The van der Waals surface area contributed by atoms with Crippen LogP contribution in [0.3, 0.4) is 0 Å². The maximum absolute atomic E-state index is 11.0. The molecule has 0 bridgehead atoms. The van der Waals surface area contributed by atoms with E-state index in [0.717, 1.165) is 0 Å². The number of aliphatic imine (C=N–C) groups is 1. The minimum Gasteiger partial charge on any atom is -0.469 e. The van der Waals surface area contributed by atoms with Crippen molar-refractivity contribution in [3.05, 3.63) is 35.4 Å². The van der Waals surface area contributed by atoms with Crippen LogP contribution in [0.1, 0.15) is 17.5 Å². The molecule has 5 nitrogen and oxygen atoms in total. The van der Waals surface area contributed by atoms with Crippen molar-refractivity contribution in [2.24, 2.45) is 4.99 Å². The first-order valence-electron chi connectivity index (χ1n) is 6.22. The van der Waals surface area contributed by atoms with Gasteiger partial charge in [-0.3, -0.25) is 9.79 Å². The fraction of sp³-hybridized carbons (Fsp3) is 0.429. The van der Waals surface area contributed by atoms with Gasteiger partial charge in [-0.2, -0.15) is 0 Å². The van der Waals surface area contributed by atoms with Gasteiger partial charge in [-0.15, -0.1) is 24.0 Å². The Labute approximate surface area is 137 Å². The van der Waals surface area contributed by atoms with E-state index in [1.165, 1.54) is 18.2 Å². The predicted molar refractivity (Wildman–Crippen MR) is 91.4 cm³/mol. The van der Waals surface area contributed by atoms with Crippen LogP contribution < -0.4 is 10.6 Å². The Bertz CT molecular complexity index is 433. The topological polar surface area (TPSA) is 62.7 Å². The predicted octanol–water partition coefficient (Wildman–Crippen LogP) is 1.84. The molecule has 0 aliphatic heterocycles. The van der Waals surface area contributed by atoms with Gasteiger partial charge in [-0.25, -0.2) is 0 Å². The SMILES string of the molecule is CN=C(NCCC(=O)OC)NCc1ccc(C)cc1.I. The van der Waals surface area contributed by atoms with Crippen molar-refractivity contribution in [2.75, 3.05) is 20.7 Å². The number of rotatable bonds is 5. The van der Waals surface area contributed by atoms with E-state index in [0.29, 0.717) is 25.5 Å². The molecular formula is C14H22IN3O2. The number of esters is 1. The third-order valence-corrected chi connectivity index (χ3v) is 2.65. The van der Waals surface area contributed by atoms with Gasteiger partial charge in [0.05, 0.1) is 13.5 Å². The van der Waals surface area contributed by atoms with Crippen molar-refractivity contribution >= 4 is 35.9 Å². The van der Waals surface area contributed by atoms with Crippen LogP contribution in [0.25, 0.3) is 0 Å². The number of methoxy groups -OCH3 is 1. The Morgan fingerprint density at radius 1 is 1.25 bits per heavy atom. The molecule has 0 saturated carbocycles. The number of benzene rings is 1. The highest BCUT2D eigenvalue weighted by atomic mass is 127. The Morgan fingerprint density at radius 3 is 2.45 bits per heavy atom. The molecule has 0 atom stereocenters. The summed E-state index contributed by atoms with van der Waals surface area (Å²) < 4.78 is 4.57. The second-order valence-corrected chi connectivity index (χ2v) is 4.16. The van der Waals surface area contributed by atoms with Crippen LogP contribution in [-0.2, 0) is 16.1 Å². The van der Waals surface area contributed by atoms with Gasteiger partial charge in [-0.05, 0) is 12.5 Å². The Balaban J connectivity index is 0.00000361. The van der Waals surface area contributed by atoms with Gasteiger partial charge in [0.2, 0.25) is 0 Å². The summed E-state index contributed by atoms with van der Waals surface area (Å²) in [4.78, 5) is 15.1. The fourth-order valence-electron chi connectivity index (χ4n) is 1.50. The van der Waals surface area contributed by atoms with Crippen molar-refractivity contribution in [2.45, 2.75) is 19.9 Å². The standard InChI is InChI=1S/C14H21N3O2.HI/c1-11-4-6-12(7-5-11)10-17-14(15-2)16-9-8-13(18)19-3;/h4-7H,8-10H2,1-3H3,(H2,15,16,17);1H. The highest BCUT2D eigenvalue weighted by Gasteiger charge is 2.01. The Kier molecular flexibility index (Phi) is 9.79. The zero-order valence-electron chi connectivity index (χ0n) is 12.1. The average molecular weight is 391 g/mol. The van der Waals surface area contributed by atoms with Gasteiger partial charge >= 0.3 is 5.97 Å². The highest BCUT2D eigenvalue weighted by Crippen LogP contribution is 2.02. The summed E-state index contributed by atoms with van der Waals surface area (Å²) in [6.45, 7) is 3.25. The highest BCUT2D eigenvalue weighted by molar-refractivity contribution is 14.0. The maximum Gasteiger partial charge on any atom is 0.307 e. The number of carbonyl (C=O) groups is 1. The van der Waals surface area contributed by atoms with Gasteiger partial charge in [-0.1, -0.05) is 29.8 Å². The molecule has 1 aromatic carbocycles. The molecule has 2 N–H and O–H groups in total. The van der Waals surface area contributed by atoms with Crippen molar-refractivity contribution in [1.82, 2.24) is 10.6 Å². The van der Waals surface area contributed by atoms with Gasteiger partial charge in [0.1, 0.15) is 0 Å². The number of ether oxygens (including phenoxy) is 1. The molecule has 0 saturated heterocycles. The van der Waals surface area contributed by atoms with Crippen LogP contribution in [0.2, 0.25) is 0 Å². The molecule has 20 heavy (non-hydrogen) atoms. The summed E-state index contributed by atoms with van der Waals surface area (Å²) in [5.74, 6) is 0.436. The number of nitrogens with zero attached hydrogens (tertiary/aromatic N) is 1. The first-order valence-corrected chi connectivity index (χ1v) is 6.22. The monoisotopic (exact) mass is 391 g/mol. The number of aryl methyl sites for hydroxylation is 1. The summed E-state index contributed by atoms with van der Waals surface area (Å²) >= 11 is 0. The normalized spacial score (nSPS) is 10.4. The molecule has 112 valence electrons. The summed E-state index contributed by atoms with van der Waals surface area (Å²) in [6, 6.07) is 8.29. The van der Waals surface area contributed by atoms with Crippen molar-refractivity contribution in [3.63, 3.8) is 0 Å². The first-order chi connectivity index (χ1) is 9.15. The van der Waals surface area contributed by atoms with E-state index in [9.17, 15) is 4.79 Å². The quantitative estimate of drug-likeness (QED) is 0.348. The molecule has 0 fully saturated rings. The van der Waals surface area contributed by atoms with E-state index in [2.05, 4.69) is 51.6 Å². The minimum atomic E-state index is -0.235. The Hall–Kier alpha value is -1.31. The molecule has 0 radical (unpaired) electrons. The van der Waals surface area contributed by atoms with Gasteiger partial charge in [0.25, 0.3) is 0 Å². The van der Waals surface area contributed by atoms with E-state index >= 15 is 0 Å². The summed E-state index contributed by atoms with van der Waals surface area (Å²) in [5.41, 5.74) is 2.42. The molecule has 1 aromatic rings. The molecule has 1 rings (SSSR count). The van der Waals surface area contributed by atoms with Crippen LogP contribution in [0.4, 0.5) is 0 Å². The minimum absolute atomic E-state index is 0. The number of guanidine groups is 1. The van der Waals surface area contributed by atoms with E-state index in [1.54, 1.807) is 7.05 Å².